The SMILES string of the molecule is N#Cc1ccc(NC2CCC(N)C2)cc1. The van der Waals surface area contributed by atoms with Crippen molar-refractivity contribution in [3.05, 3.63) is 29.8 Å². The first-order chi connectivity index (χ1) is 7.28. The van der Waals surface area contributed by atoms with Crippen LogP contribution in [-0.4, -0.2) is 12.1 Å². The van der Waals surface area contributed by atoms with Gasteiger partial charge in [0.25, 0.3) is 0 Å². The fraction of sp³-hybridized carbons (Fsp3) is 0.417. The molecule has 1 fully saturated rings. The predicted octanol–water partition coefficient (Wildman–Crippen LogP) is 1.85. The number of nitrogens with two attached hydrogens (primary N) is 1. The monoisotopic (exact) mass is 201 g/mol. The van der Waals surface area contributed by atoms with Crippen molar-refractivity contribution >= 4 is 5.69 Å². The fourth-order valence-corrected chi connectivity index (χ4v) is 2.02. The van der Waals surface area contributed by atoms with E-state index in [4.69, 9.17) is 11.0 Å². The van der Waals surface area contributed by atoms with E-state index in [-0.39, 0.29) is 0 Å². The molecule has 3 N–H and O–H groups in total. The Hall–Kier alpha value is -1.53. The topological polar surface area (TPSA) is 61.8 Å². The summed E-state index contributed by atoms with van der Waals surface area (Å²) in [5.41, 5.74) is 7.62. The third-order valence-corrected chi connectivity index (χ3v) is 2.86. The van der Waals surface area contributed by atoms with Gasteiger partial charge in [-0.05, 0) is 43.5 Å². The van der Waals surface area contributed by atoms with Gasteiger partial charge in [-0.1, -0.05) is 0 Å². The molecular formula is C12H15N3. The maximum Gasteiger partial charge on any atom is 0.0991 e. The third kappa shape index (κ3) is 2.48. The second-order valence-corrected chi connectivity index (χ2v) is 4.10. The quantitative estimate of drug-likeness (QED) is 0.767. The van der Waals surface area contributed by atoms with Gasteiger partial charge in [0.2, 0.25) is 0 Å². The van der Waals surface area contributed by atoms with Crippen LogP contribution in [-0.2, 0) is 0 Å². The van der Waals surface area contributed by atoms with Crippen molar-refractivity contribution < 1.29 is 0 Å². The first kappa shape index (κ1) is 10.0. The molecule has 1 aromatic carbocycles. The standard InChI is InChI=1S/C12H15N3/c13-8-9-1-4-11(5-2-9)15-12-6-3-10(14)7-12/h1-2,4-5,10,12,15H,3,6-7,14H2. The van der Waals surface area contributed by atoms with Crippen LogP contribution < -0.4 is 11.1 Å². The van der Waals surface area contributed by atoms with E-state index in [1.807, 2.05) is 24.3 Å². The lowest BCUT2D eigenvalue weighted by molar-refractivity contribution is 0.688. The normalized spacial score (nSPS) is 24.8. The zero-order chi connectivity index (χ0) is 10.7. The van der Waals surface area contributed by atoms with Crippen molar-refractivity contribution in [3.8, 4) is 6.07 Å². The van der Waals surface area contributed by atoms with E-state index in [0.717, 1.165) is 24.9 Å². The van der Waals surface area contributed by atoms with Crippen LogP contribution in [0.25, 0.3) is 0 Å². The second-order valence-electron chi connectivity index (χ2n) is 4.10. The number of anilines is 1. The highest BCUT2D eigenvalue weighted by atomic mass is 14.9. The van der Waals surface area contributed by atoms with Crippen molar-refractivity contribution in [2.75, 3.05) is 5.32 Å². The molecule has 3 nitrogen and oxygen atoms in total. The lowest BCUT2D eigenvalue weighted by atomic mass is 10.2. The second kappa shape index (κ2) is 4.33. The first-order valence-electron chi connectivity index (χ1n) is 5.30. The zero-order valence-electron chi connectivity index (χ0n) is 8.61. The largest absolute Gasteiger partial charge is 0.382 e. The van der Waals surface area contributed by atoms with Gasteiger partial charge >= 0.3 is 0 Å². The Balaban J connectivity index is 1.96. The Morgan fingerprint density at radius 1 is 1.27 bits per heavy atom. The summed E-state index contributed by atoms with van der Waals surface area (Å²) in [5.74, 6) is 0. The molecule has 0 spiro atoms. The highest BCUT2D eigenvalue weighted by molar-refractivity contribution is 5.47. The molecule has 0 radical (unpaired) electrons. The van der Waals surface area contributed by atoms with Crippen molar-refractivity contribution in [1.82, 2.24) is 0 Å². The lowest BCUT2D eigenvalue weighted by Crippen LogP contribution is -2.20. The average molecular weight is 201 g/mol. The molecule has 2 unspecified atom stereocenters. The van der Waals surface area contributed by atoms with Crippen LogP contribution in [0.3, 0.4) is 0 Å². The highest BCUT2D eigenvalue weighted by Crippen LogP contribution is 2.21. The van der Waals surface area contributed by atoms with Gasteiger partial charge in [0.05, 0.1) is 11.6 Å². The number of rotatable bonds is 2. The molecule has 0 saturated heterocycles. The van der Waals surface area contributed by atoms with Crippen molar-refractivity contribution in [2.45, 2.75) is 31.3 Å². The first-order valence-corrected chi connectivity index (χ1v) is 5.30. The van der Waals surface area contributed by atoms with E-state index in [2.05, 4.69) is 11.4 Å². The number of nitriles is 1. The van der Waals surface area contributed by atoms with E-state index in [1.54, 1.807) is 0 Å². The smallest absolute Gasteiger partial charge is 0.0991 e. The molecular weight excluding hydrogens is 186 g/mol. The summed E-state index contributed by atoms with van der Waals surface area (Å²) >= 11 is 0. The van der Waals surface area contributed by atoms with E-state index < -0.39 is 0 Å². The Kier molecular flexibility index (Phi) is 2.89. The minimum Gasteiger partial charge on any atom is -0.382 e. The molecule has 78 valence electrons. The Bertz CT molecular complexity index is 363. The van der Waals surface area contributed by atoms with E-state index >= 15 is 0 Å². The summed E-state index contributed by atoms with van der Waals surface area (Å²) < 4.78 is 0. The van der Waals surface area contributed by atoms with E-state index in [9.17, 15) is 0 Å². The number of hydrogen-bond donors (Lipinski definition) is 2. The van der Waals surface area contributed by atoms with Crippen LogP contribution in [0.5, 0.6) is 0 Å². The Labute approximate surface area is 89.9 Å². The van der Waals surface area contributed by atoms with Gasteiger partial charge in [-0.2, -0.15) is 5.26 Å². The number of nitrogens with one attached hydrogen (secondary N) is 1. The lowest BCUT2D eigenvalue weighted by Gasteiger charge is -2.13. The molecule has 1 aromatic rings. The van der Waals surface area contributed by atoms with Gasteiger partial charge in [-0.15, -0.1) is 0 Å². The van der Waals surface area contributed by atoms with Crippen LogP contribution in [0.15, 0.2) is 24.3 Å². The molecule has 0 amide bonds. The van der Waals surface area contributed by atoms with E-state index in [1.165, 1.54) is 0 Å². The average Bonchev–Trinajstić information content (AvgIpc) is 2.65. The maximum atomic E-state index is 8.66. The Morgan fingerprint density at radius 3 is 2.53 bits per heavy atom. The van der Waals surface area contributed by atoms with Gasteiger partial charge in [-0.3, -0.25) is 0 Å². The summed E-state index contributed by atoms with van der Waals surface area (Å²) in [6, 6.07) is 10.5. The predicted molar refractivity (Wildman–Crippen MR) is 60.4 cm³/mol. The van der Waals surface area contributed by atoms with Gasteiger partial charge in [0.15, 0.2) is 0 Å². The fourth-order valence-electron chi connectivity index (χ4n) is 2.02. The van der Waals surface area contributed by atoms with E-state index in [0.29, 0.717) is 17.6 Å². The third-order valence-electron chi connectivity index (χ3n) is 2.86. The van der Waals surface area contributed by atoms with Crippen molar-refractivity contribution in [1.29, 1.82) is 5.26 Å². The number of benzene rings is 1. The van der Waals surface area contributed by atoms with Crippen LogP contribution in [0, 0.1) is 11.3 Å². The number of nitrogens with zero attached hydrogens (tertiary/aromatic N) is 1. The molecule has 0 bridgehead atoms. The molecule has 15 heavy (non-hydrogen) atoms. The van der Waals surface area contributed by atoms with Gasteiger partial charge in [-0.25, -0.2) is 0 Å². The minimum absolute atomic E-state index is 0.348. The summed E-state index contributed by atoms with van der Waals surface area (Å²) in [6.07, 6.45) is 3.29. The molecule has 1 aliphatic rings. The minimum atomic E-state index is 0.348. The molecule has 1 saturated carbocycles. The molecule has 2 rings (SSSR count). The summed E-state index contributed by atoms with van der Waals surface area (Å²) in [5, 5.41) is 12.1. The molecule has 1 aliphatic carbocycles. The van der Waals surface area contributed by atoms with Gasteiger partial charge < -0.3 is 11.1 Å². The molecule has 0 heterocycles. The molecule has 2 atom stereocenters. The van der Waals surface area contributed by atoms with Crippen LogP contribution >= 0.6 is 0 Å². The van der Waals surface area contributed by atoms with Crippen LogP contribution in [0.2, 0.25) is 0 Å². The number of hydrogen-bond acceptors (Lipinski definition) is 3. The van der Waals surface area contributed by atoms with Gasteiger partial charge in [0.1, 0.15) is 0 Å². The summed E-state index contributed by atoms with van der Waals surface area (Å²) in [7, 11) is 0. The van der Waals surface area contributed by atoms with Crippen LogP contribution in [0.4, 0.5) is 5.69 Å². The van der Waals surface area contributed by atoms with Gasteiger partial charge in [0, 0.05) is 17.8 Å². The Morgan fingerprint density at radius 2 is 2.00 bits per heavy atom. The van der Waals surface area contributed by atoms with Crippen LogP contribution in [0.1, 0.15) is 24.8 Å². The summed E-state index contributed by atoms with van der Waals surface area (Å²) in [6.45, 7) is 0. The molecule has 0 aromatic heterocycles. The van der Waals surface area contributed by atoms with Crippen molar-refractivity contribution in [2.24, 2.45) is 5.73 Å². The summed E-state index contributed by atoms with van der Waals surface area (Å²) in [4.78, 5) is 0. The highest BCUT2D eigenvalue weighted by Gasteiger charge is 2.21. The molecule has 3 heteroatoms. The molecule has 0 aliphatic heterocycles. The zero-order valence-corrected chi connectivity index (χ0v) is 8.61. The maximum absolute atomic E-state index is 8.66. The van der Waals surface area contributed by atoms with Crippen molar-refractivity contribution in [3.63, 3.8) is 0 Å².